The summed E-state index contributed by atoms with van der Waals surface area (Å²) in [6.07, 6.45) is 0.207. The minimum atomic E-state index is -0.148. The number of anilines is 1. The molecule has 1 aromatic heterocycles. The van der Waals surface area contributed by atoms with Gasteiger partial charge >= 0.3 is 0 Å². The molecule has 0 aliphatic heterocycles. The van der Waals surface area contributed by atoms with E-state index in [1.807, 2.05) is 23.1 Å². The number of nitriles is 1. The summed E-state index contributed by atoms with van der Waals surface area (Å²) in [5.74, 6) is -0.148. The van der Waals surface area contributed by atoms with Gasteiger partial charge in [-0.05, 0) is 42.5 Å². The summed E-state index contributed by atoms with van der Waals surface area (Å²) in [5, 5.41) is 14.6. The molecule has 8 heteroatoms. The van der Waals surface area contributed by atoms with E-state index in [1.165, 1.54) is 11.3 Å². The molecule has 0 fully saturated rings. The van der Waals surface area contributed by atoms with Crippen LogP contribution in [0.1, 0.15) is 11.3 Å². The van der Waals surface area contributed by atoms with E-state index in [0.717, 1.165) is 10.5 Å². The molecular weight excluding hydrogens is 403 g/mol. The van der Waals surface area contributed by atoms with Crippen molar-refractivity contribution in [1.29, 1.82) is 5.26 Å². The van der Waals surface area contributed by atoms with Gasteiger partial charge in [-0.15, -0.1) is 11.3 Å². The van der Waals surface area contributed by atoms with Gasteiger partial charge in [-0.1, -0.05) is 23.2 Å². The lowest BCUT2D eigenvalue weighted by molar-refractivity contribution is -0.115. The third-order valence-electron chi connectivity index (χ3n) is 3.73. The summed E-state index contributed by atoms with van der Waals surface area (Å²) in [5.41, 5.74) is 2.68. The zero-order chi connectivity index (χ0) is 19.4. The van der Waals surface area contributed by atoms with Crippen molar-refractivity contribution in [2.45, 2.75) is 6.42 Å². The van der Waals surface area contributed by atoms with E-state index in [1.54, 1.807) is 42.5 Å². The number of nitrogens with zero attached hydrogens (tertiary/aromatic N) is 3. The number of rotatable bonds is 4. The minimum Gasteiger partial charge on any atom is -0.326 e. The number of aromatic nitrogens is 1. The summed E-state index contributed by atoms with van der Waals surface area (Å²) >= 11 is 13.4. The molecule has 0 unspecified atom stereocenters. The van der Waals surface area contributed by atoms with Crippen molar-refractivity contribution in [1.82, 2.24) is 4.57 Å². The first-order valence-electron chi connectivity index (χ1n) is 7.89. The van der Waals surface area contributed by atoms with E-state index in [0.29, 0.717) is 27.0 Å². The van der Waals surface area contributed by atoms with Crippen LogP contribution in [0.4, 0.5) is 11.4 Å². The Labute approximate surface area is 170 Å². The van der Waals surface area contributed by atoms with Crippen LogP contribution < -0.4 is 10.1 Å². The van der Waals surface area contributed by atoms with E-state index in [-0.39, 0.29) is 12.3 Å². The zero-order valence-corrected chi connectivity index (χ0v) is 16.6. The van der Waals surface area contributed by atoms with Crippen molar-refractivity contribution in [2.75, 3.05) is 5.32 Å². The second kappa shape index (κ2) is 8.40. The number of benzene rings is 2. The highest BCUT2D eigenvalue weighted by molar-refractivity contribution is 7.07. The average molecular weight is 417 g/mol. The van der Waals surface area contributed by atoms with E-state index in [4.69, 9.17) is 28.5 Å². The maximum atomic E-state index is 12.3. The summed E-state index contributed by atoms with van der Waals surface area (Å²) in [6, 6.07) is 13.9. The molecule has 1 N–H and O–H groups in total. The Morgan fingerprint density at radius 1 is 1.22 bits per heavy atom. The molecule has 0 saturated carbocycles. The van der Waals surface area contributed by atoms with Crippen LogP contribution in [0.25, 0.3) is 0 Å². The molecule has 1 amide bonds. The maximum absolute atomic E-state index is 12.3. The molecule has 0 atom stereocenters. The molecule has 27 heavy (non-hydrogen) atoms. The van der Waals surface area contributed by atoms with Crippen LogP contribution in [0.15, 0.2) is 52.8 Å². The third-order valence-corrected chi connectivity index (χ3v) is 5.13. The van der Waals surface area contributed by atoms with Gasteiger partial charge in [0.15, 0.2) is 4.80 Å². The Bertz CT molecular complexity index is 1070. The molecule has 3 aromatic rings. The Morgan fingerprint density at radius 3 is 2.52 bits per heavy atom. The second-order valence-corrected chi connectivity index (χ2v) is 7.43. The van der Waals surface area contributed by atoms with Crippen molar-refractivity contribution in [2.24, 2.45) is 12.0 Å². The number of halogens is 2. The van der Waals surface area contributed by atoms with Crippen LogP contribution in [0.2, 0.25) is 10.0 Å². The number of nitrogens with one attached hydrogen (secondary N) is 1. The monoisotopic (exact) mass is 416 g/mol. The van der Waals surface area contributed by atoms with Crippen LogP contribution in [0.5, 0.6) is 0 Å². The van der Waals surface area contributed by atoms with Crippen molar-refractivity contribution in [3.8, 4) is 6.07 Å². The fourth-order valence-electron chi connectivity index (χ4n) is 2.38. The molecule has 136 valence electrons. The smallest absolute Gasteiger partial charge is 0.230 e. The van der Waals surface area contributed by atoms with Crippen LogP contribution in [0, 0.1) is 11.3 Å². The Balaban J connectivity index is 1.75. The van der Waals surface area contributed by atoms with Gasteiger partial charge in [0.25, 0.3) is 0 Å². The fraction of sp³-hybridized carbons (Fsp3) is 0.105. The SMILES string of the molecule is Cn1c(CC(=O)Nc2ccc(C#N)cc2)csc1=Nc1cc(Cl)cc(Cl)c1. The number of hydrogen-bond donors (Lipinski definition) is 1. The molecule has 3 rings (SSSR count). The third kappa shape index (κ3) is 4.98. The van der Waals surface area contributed by atoms with Gasteiger partial charge in [-0.25, -0.2) is 4.99 Å². The van der Waals surface area contributed by atoms with Crippen molar-refractivity contribution >= 4 is 51.8 Å². The summed E-state index contributed by atoms with van der Waals surface area (Å²) < 4.78 is 1.86. The first-order valence-corrected chi connectivity index (χ1v) is 9.52. The molecule has 5 nitrogen and oxygen atoms in total. The summed E-state index contributed by atoms with van der Waals surface area (Å²) in [6.45, 7) is 0. The van der Waals surface area contributed by atoms with Gasteiger partial charge in [0, 0.05) is 33.9 Å². The van der Waals surface area contributed by atoms with E-state index in [2.05, 4.69) is 10.3 Å². The second-order valence-electron chi connectivity index (χ2n) is 5.72. The van der Waals surface area contributed by atoms with E-state index >= 15 is 0 Å². The first-order chi connectivity index (χ1) is 12.9. The van der Waals surface area contributed by atoms with Gasteiger partial charge in [-0.3, -0.25) is 4.79 Å². The Kier molecular flexibility index (Phi) is 5.97. The van der Waals surface area contributed by atoms with Crippen LogP contribution in [-0.4, -0.2) is 10.5 Å². The van der Waals surface area contributed by atoms with Crippen LogP contribution in [-0.2, 0) is 18.3 Å². The largest absolute Gasteiger partial charge is 0.326 e. The number of carbonyl (C=O) groups excluding carboxylic acids is 1. The van der Waals surface area contributed by atoms with Gasteiger partial charge in [0.2, 0.25) is 5.91 Å². The van der Waals surface area contributed by atoms with E-state index in [9.17, 15) is 4.79 Å². The summed E-state index contributed by atoms with van der Waals surface area (Å²) in [4.78, 5) is 17.6. The number of carbonyl (C=O) groups is 1. The molecular formula is C19H14Cl2N4OS. The average Bonchev–Trinajstić information content (AvgIpc) is 2.95. The van der Waals surface area contributed by atoms with Crippen LogP contribution in [0.3, 0.4) is 0 Å². The Hall–Kier alpha value is -2.59. The molecule has 0 aliphatic carbocycles. The highest BCUT2D eigenvalue weighted by Crippen LogP contribution is 2.24. The fourth-order valence-corrected chi connectivity index (χ4v) is 3.81. The predicted molar refractivity (Wildman–Crippen MR) is 108 cm³/mol. The molecule has 0 bridgehead atoms. The lowest BCUT2D eigenvalue weighted by Gasteiger charge is -2.06. The normalized spacial score (nSPS) is 11.3. The standard InChI is InChI=1S/C19H14Cl2N4OS/c1-25-17(9-18(26)23-15-4-2-12(10-22)3-5-15)11-27-19(25)24-16-7-13(20)6-14(21)8-16/h2-8,11H,9H2,1H3,(H,23,26). The summed E-state index contributed by atoms with van der Waals surface area (Å²) in [7, 11) is 1.85. The van der Waals surface area contributed by atoms with Gasteiger partial charge in [0.05, 0.1) is 23.7 Å². The number of thiazole rings is 1. The maximum Gasteiger partial charge on any atom is 0.230 e. The van der Waals surface area contributed by atoms with Crippen molar-refractivity contribution in [3.05, 3.63) is 73.9 Å². The molecule has 2 aromatic carbocycles. The lowest BCUT2D eigenvalue weighted by atomic mass is 10.2. The molecule has 1 heterocycles. The quantitative estimate of drug-likeness (QED) is 0.670. The number of amides is 1. The molecule has 0 saturated heterocycles. The number of hydrogen-bond acceptors (Lipinski definition) is 4. The molecule has 0 spiro atoms. The van der Waals surface area contributed by atoms with Crippen molar-refractivity contribution in [3.63, 3.8) is 0 Å². The topological polar surface area (TPSA) is 70.2 Å². The lowest BCUT2D eigenvalue weighted by Crippen LogP contribution is -2.19. The molecule has 0 aliphatic rings. The highest BCUT2D eigenvalue weighted by Gasteiger charge is 2.09. The molecule has 0 radical (unpaired) electrons. The van der Waals surface area contributed by atoms with Gasteiger partial charge in [-0.2, -0.15) is 5.26 Å². The predicted octanol–water partition coefficient (Wildman–Crippen LogP) is 4.68. The zero-order valence-electron chi connectivity index (χ0n) is 14.2. The first kappa shape index (κ1) is 19.2. The minimum absolute atomic E-state index is 0.148. The highest BCUT2D eigenvalue weighted by atomic mass is 35.5. The Morgan fingerprint density at radius 2 is 1.89 bits per heavy atom. The van der Waals surface area contributed by atoms with Crippen LogP contribution >= 0.6 is 34.5 Å². The van der Waals surface area contributed by atoms with E-state index < -0.39 is 0 Å². The van der Waals surface area contributed by atoms with Crippen molar-refractivity contribution < 1.29 is 4.79 Å². The van der Waals surface area contributed by atoms with Gasteiger partial charge in [0.1, 0.15) is 0 Å². The van der Waals surface area contributed by atoms with Gasteiger partial charge < -0.3 is 9.88 Å².